The van der Waals surface area contributed by atoms with E-state index in [4.69, 9.17) is 11.6 Å². The smallest absolute Gasteiger partial charge is 0.259 e. The summed E-state index contributed by atoms with van der Waals surface area (Å²) in [7, 11) is 0. The number of nitrogens with zero attached hydrogens (tertiary/aromatic N) is 2. The highest BCUT2D eigenvalue weighted by atomic mass is 35.5. The van der Waals surface area contributed by atoms with Crippen LogP contribution in [0.2, 0.25) is 5.15 Å². The second kappa shape index (κ2) is 5.74. The topological polar surface area (TPSA) is 34.9 Å². The minimum absolute atomic E-state index is 0.0362. The first-order chi connectivity index (χ1) is 10.9. The van der Waals surface area contributed by atoms with E-state index in [2.05, 4.69) is 4.98 Å². The summed E-state index contributed by atoms with van der Waals surface area (Å²) in [6.45, 7) is 3.63. The van der Waals surface area contributed by atoms with Crippen molar-refractivity contribution < 1.29 is 8.78 Å². The molecule has 0 radical (unpaired) electrons. The molecule has 6 heteroatoms. The molecule has 0 unspecified atom stereocenters. The minimum Gasteiger partial charge on any atom is -0.305 e. The third-order valence-corrected chi connectivity index (χ3v) is 3.84. The maximum atomic E-state index is 14.1. The van der Waals surface area contributed by atoms with Crippen LogP contribution in [0.4, 0.5) is 8.78 Å². The molecular formula is C17H13ClF2N2O. The van der Waals surface area contributed by atoms with Gasteiger partial charge in [-0.1, -0.05) is 17.7 Å². The Morgan fingerprint density at radius 3 is 2.43 bits per heavy atom. The molecule has 0 saturated carbocycles. The van der Waals surface area contributed by atoms with Gasteiger partial charge in [0.15, 0.2) is 0 Å². The van der Waals surface area contributed by atoms with Crippen LogP contribution in [0.1, 0.15) is 19.9 Å². The molecule has 0 aliphatic heterocycles. The highest BCUT2D eigenvalue weighted by molar-refractivity contribution is 6.30. The molecule has 3 rings (SSSR count). The number of benzene rings is 1. The maximum Gasteiger partial charge on any atom is 0.259 e. The van der Waals surface area contributed by atoms with E-state index in [0.717, 1.165) is 12.1 Å². The second-order valence-electron chi connectivity index (χ2n) is 5.49. The van der Waals surface area contributed by atoms with Crippen LogP contribution in [-0.2, 0) is 0 Å². The van der Waals surface area contributed by atoms with Crippen molar-refractivity contribution in [2.75, 3.05) is 0 Å². The Labute approximate surface area is 136 Å². The van der Waals surface area contributed by atoms with Crippen molar-refractivity contribution >= 4 is 22.5 Å². The highest BCUT2D eigenvalue weighted by Gasteiger charge is 2.19. The fourth-order valence-corrected chi connectivity index (χ4v) is 2.81. The van der Waals surface area contributed by atoms with Crippen LogP contribution in [-0.4, -0.2) is 9.55 Å². The van der Waals surface area contributed by atoms with Gasteiger partial charge in [-0.25, -0.2) is 13.8 Å². The van der Waals surface area contributed by atoms with Gasteiger partial charge in [0.1, 0.15) is 16.8 Å². The molecule has 23 heavy (non-hydrogen) atoms. The van der Waals surface area contributed by atoms with E-state index < -0.39 is 17.2 Å². The molecule has 0 bridgehead atoms. The lowest BCUT2D eigenvalue weighted by atomic mass is 10.0. The quantitative estimate of drug-likeness (QED) is 0.643. The molecule has 0 aliphatic carbocycles. The predicted octanol–water partition coefficient (Wildman–Crippen LogP) is 4.58. The van der Waals surface area contributed by atoms with Crippen LogP contribution in [0, 0.1) is 11.6 Å². The fraction of sp³-hybridized carbons (Fsp3) is 0.176. The zero-order valence-electron chi connectivity index (χ0n) is 12.5. The lowest BCUT2D eigenvalue weighted by molar-refractivity contribution is 0.583. The average Bonchev–Trinajstić information content (AvgIpc) is 2.47. The van der Waals surface area contributed by atoms with Gasteiger partial charge in [-0.15, -0.1) is 0 Å². The summed E-state index contributed by atoms with van der Waals surface area (Å²) in [4.78, 5) is 16.8. The molecular weight excluding hydrogens is 322 g/mol. The molecule has 3 aromatic rings. The van der Waals surface area contributed by atoms with E-state index in [-0.39, 0.29) is 22.3 Å². The van der Waals surface area contributed by atoms with E-state index >= 15 is 0 Å². The summed E-state index contributed by atoms with van der Waals surface area (Å²) in [5.41, 5.74) is -0.265. The SMILES string of the molecule is CC(C)n1c(=O)c(-c2c(F)cccc2F)cc2cnc(Cl)cc21. The van der Waals surface area contributed by atoms with Gasteiger partial charge in [0, 0.05) is 17.6 Å². The van der Waals surface area contributed by atoms with Crippen molar-refractivity contribution in [1.29, 1.82) is 0 Å². The van der Waals surface area contributed by atoms with Gasteiger partial charge >= 0.3 is 0 Å². The second-order valence-corrected chi connectivity index (χ2v) is 5.88. The maximum absolute atomic E-state index is 14.1. The van der Waals surface area contributed by atoms with E-state index in [0.29, 0.717) is 10.9 Å². The predicted molar refractivity (Wildman–Crippen MR) is 86.8 cm³/mol. The van der Waals surface area contributed by atoms with E-state index in [1.807, 2.05) is 13.8 Å². The summed E-state index contributed by atoms with van der Waals surface area (Å²) in [5.74, 6) is -1.56. The number of rotatable bonds is 2. The largest absolute Gasteiger partial charge is 0.305 e. The molecule has 118 valence electrons. The molecule has 3 nitrogen and oxygen atoms in total. The first-order valence-corrected chi connectivity index (χ1v) is 7.43. The van der Waals surface area contributed by atoms with Gasteiger partial charge < -0.3 is 4.57 Å². The first kappa shape index (κ1) is 15.6. The van der Waals surface area contributed by atoms with E-state index in [1.165, 1.54) is 22.9 Å². The van der Waals surface area contributed by atoms with Gasteiger partial charge in [0.2, 0.25) is 0 Å². The van der Waals surface area contributed by atoms with Gasteiger partial charge in [-0.3, -0.25) is 4.79 Å². The molecule has 0 amide bonds. The molecule has 1 aromatic carbocycles. The molecule has 0 fully saturated rings. The number of aromatic nitrogens is 2. The summed E-state index contributed by atoms with van der Waals surface area (Å²) in [6.07, 6.45) is 1.48. The monoisotopic (exact) mass is 334 g/mol. The molecule has 0 atom stereocenters. The fourth-order valence-electron chi connectivity index (χ4n) is 2.65. The van der Waals surface area contributed by atoms with Gasteiger partial charge in [0.05, 0.1) is 16.6 Å². The number of halogens is 3. The van der Waals surface area contributed by atoms with E-state index in [9.17, 15) is 13.6 Å². The van der Waals surface area contributed by atoms with Crippen molar-refractivity contribution in [3.8, 4) is 11.1 Å². The standard InChI is InChI=1S/C17H13ClF2N2O/c1-9(2)22-14-7-15(18)21-8-10(14)6-11(17(22)23)16-12(19)4-3-5-13(16)20/h3-9H,1-2H3. The molecule has 2 aromatic heterocycles. The van der Waals surface area contributed by atoms with Gasteiger partial charge in [-0.2, -0.15) is 0 Å². The van der Waals surface area contributed by atoms with Crippen LogP contribution < -0.4 is 5.56 Å². The van der Waals surface area contributed by atoms with Crippen LogP contribution in [0.3, 0.4) is 0 Å². The Balaban J connectivity index is 2.47. The summed E-state index contributed by atoms with van der Waals surface area (Å²) in [6, 6.07) is 6.32. The zero-order chi connectivity index (χ0) is 16.7. The minimum atomic E-state index is -0.779. The Hall–Kier alpha value is -2.27. The average molecular weight is 335 g/mol. The number of pyridine rings is 2. The molecule has 0 N–H and O–H groups in total. The van der Waals surface area contributed by atoms with Gasteiger partial charge in [0.25, 0.3) is 5.56 Å². The number of hydrogen-bond donors (Lipinski definition) is 0. The Bertz CT molecular complexity index is 946. The van der Waals surface area contributed by atoms with Crippen LogP contribution in [0.15, 0.2) is 41.3 Å². The first-order valence-electron chi connectivity index (χ1n) is 7.05. The summed E-state index contributed by atoms with van der Waals surface area (Å²) in [5, 5.41) is 0.830. The number of hydrogen-bond acceptors (Lipinski definition) is 2. The summed E-state index contributed by atoms with van der Waals surface area (Å²) < 4.78 is 29.6. The molecule has 0 spiro atoms. The van der Waals surface area contributed by atoms with Crippen LogP contribution in [0.5, 0.6) is 0 Å². The van der Waals surface area contributed by atoms with Crippen molar-refractivity contribution in [3.63, 3.8) is 0 Å². The normalized spacial score (nSPS) is 11.4. The van der Waals surface area contributed by atoms with Crippen molar-refractivity contribution in [2.45, 2.75) is 19.9 Å². The third kappa shape index (κ3) is 2.61. The number of fused-ring (bicyclic) bond motifs is 1. The Morgan fingerprint density at radius 1 is 1.17 bits per heavy atom. The van der Waals surface area contributed by atoms with Crippen molar-refractivity contribution in [2.24, 2.45) is 0 Å². The molecule has 0 saturated heterocycles. The van der Waals surface area contributed by atoms with Gasteiger partial charge in [-0.05, 0) is 38.1 Å². The summed E-state index contributed by atoms with van der Waals surface area (Å²) >= 11 is 5.91. The Kier molecular flexibility index (Phi) is 3.90. The van der Waals surface area contributed by atoms with Crippen molar-refractivity contribution in [1.82, 2.24) is 9.55 Å². The Morgan fingerprint density at radius 2 is 1.83 bits per heavy atom. The lowest BCUT2D eigenvalue weighted by Crippen LogP contribution is -2.24. The molecule has 0 aliphatic rings. The van der Waals surface area contributed by atoms with E-state index in [1.54, 1.807) is 6.07 Å². The lowest BCUT2D eigenvalue weighted by Gasteiger charge is -2.16. The van der Waals surface area contributed by atoms with Crippen LogP contribution >= 0.6 is 11.6 Å². The third-order valence-electron chi connectivity index (χ3n) is 3.64. The highest BCUT2D eigenvalue weighted by Crippen LogP contribution is 2.27. The zero-order valence-corrected chi connectivity index (χ0v) is 13.2. The van der Waals surface area contributed by atoms with Crippen LogP contribution in [0.25, 0.3) is 22.0 Å². The molecule has 2 heterocycles. The van der Waals surface area contributed by atoms with Crippen molar-refractivity contribution in [3.05, 3.63) is 63.7 Å².